The van der Waals surface area contributed by atoms with E-state index in [0.717, 1.165) is 72.8 Å². The molecule has 7 aromatic carbocycles. The van der Waals surface area contributed by atoms with Crippen LogP contribution in [0.15, 0.2) is 164 Å². The highest BCUT2D eigenvalue weighted by atomic mass is 19.4. The second-order valence-electron chi connectivity index (χ2n) is 15.9. The molecule has 0 fully saturated rings. The molecule has 0 amide bonds. The molecule has 0 saturated carbocycles. The van der Waals surface area contributed by atoms with Crippen molar-refractivity contribution in [3.63, 3.8) is 0 Å². The Labute approximate surface area is 387 Å². The summed E-state index contributed by atoms with van der Waals surface area (Å²) < 4.78 is 170. The van der Waals surface area contributed by atoms with E-state index in [9.17, 15) is 52.7 Å². The molecule has 0 spiro atoms. The molecule has 7 nitrogen and oxygen atoms in total. The fourth-order valence-electron chi connectivity index (χ4n) is 7.99. The lowest BCUT2D eigenvalue weighted by molar-refractivity contribution is -0.138. The number of para-hydroxylation sites is 4. The lowest BCUT2D eigenvalue weighted by Gasteiger charge is -2.17. The molecule has 3 aromatic heterocycles. The van der Waals surface area contributed by atoms with Gasteiger partial charge in [0, 0.05) is 27.8 Å². The largest absolute Gasteiger partial charge is 0.416 e. The van der Waals surface area contributed by atoms with Gasteiger partial charge in [0.2, 0.25) is 0 Å². The number of hydrogen-bond donors (Lipinski definition) is 0. The minimum atomic E-state index is -4.74. The maximum atomic E-state index is 14.2. The van der Waals surface area contributed by atoms with Gasteiger partial charge in [-0.1, -0.05) is 72.8 Å². The summed E-state index contributed by atoms with van der Waals surface area (Å²) in [4.78, 5) is 23.3. The van der Waals surface area contributed by atoms with E-state index in [0.29, 0.717) is 22.1 Å². The van der Waals surface area contributed by atoms with Crippen molar-refractivity contribution in [2.24, 2.45) is 0 Å². The van der Waals surface area contributed by atoms with Crippen LogP contribution in [0, 0.1) is 0 Å². The lowest BCUT2D eigenvalue weighted by Crippen LogP contribution is -2.07. The van der Waals surface area contributed by atoms with Crippen LogP contribution in [0.1, 0.15) is 22.3 Å². The lowest BCUT2D eigenvalue weighted by atomic mass is 10.1. The SMILES string of the molecule is FC(F)(F)c1ccc(-c2nc(-c3ccc(C(F)(F)F)cc3)nc(-c3cc(-n4c(-c5cccc(C(F)(F)F)c5)nc5ccccc54)cc(-n4c(-c5cccc(C(F)(F)F)c5)nc5ccccc54)c3)n2)cc1. The van der Waals surface area contributed by atoms with Gasteiger partial charge in [-0.15, -0.1) is 0 Å². The van der Waals surface area contributed by atoms with Crippen molar-refractivity contribution < 1.29 is 52.7 Å². The Morgan fingerprint density at radius 3 is 1.01 bits per heavy atom. The van der Waals surface area contributed by atoms with Gasteiger partial charge in [0.05, 0.1) is 55.7 Å². The average Bonchev–Trinajstić information content (AvgIpc) is 3.93. The molecule has 70 heavy (non-hydrogen) atoms. The second kappa shape index (κ2) is 16.7. The first kappa shape index (κ1) is 45.4. The molecule has 0 bridgehead atoms. The van der Waals surface area contributed by atoms with Crippen molar-refractivity contribution in [3.8, 4) is 68.3 Å². The smallest absolute Gasteiger partial charge is 0.292 e. The van der Waals surface area contributed by atoms with E-state index in [1.807, 2.05) is 0 Å². The summed E-state index contributed by atoms with van der Waals surface area (Å²) in [6.07, 6.45) is -18.9. The van der Waals surface area contributed by atoms with Gasteiger partial charge in [0.15, 0.2) is 17.5 Å². The third kappa shape index (κ3) is 8.69. The third-order valence-corrected chi connectivity index (χ3v) is 11.3. The molecule has 10 rings (SSSR count). The van der Waals surface area contributed by atoms with Gasteiger partial charge in [0.1, 0.15) is 11.6 Å². The molecule has 0 atom stereocenters. The van der Waals surface area contributed by atoms with Crippen molar-refractivity contribution >= 4 is 22.1 Å². The molecule has 3 heterocycles. The Hall–Kier alpha value is -8.35. The molecule has 0 aliphatic rings. The normalized spacial score (nSPS) is 12.6. The number of rotatable bonds is 7. The first-order valence-corrected chi connectivity index (χ1v) is 20.8. The topological polar surface area (TPSA) is 74.3 Å². The van der Waals surface area contributed by atoms with Gasteiger partial charge >= 0.3 is 24.7 Å². The quantitative estimate of drug-likeness (QED) is 0.149. The van der Waals surface area contributed by atoms with E-state index >= 15 is 0 Å². The van der Waals surface area contributed by atoms with Crippen molar-refractivity contribution in [2.75, 3.05) is 0 Å². The van der Waals surface area contributed by atoms with E-state index in [1.165, 1.54) is 24.3 Å². The van der Waals surface area contributed by atoms with Crippen LogP contribution in [0.3, 0.4) is 0 Å². The summed E-state index contributed by atoms with van der Waals surface area (Å²) in [6, 6.07) is 34.6. The van der Waals surface area contributed by atoms with Crippen LogP contribution in [0.25, 0.3) is 90.4 Å². The Morgan fingerprint density at radius 1 is 0.286 bits per heavy atom. The number of fused-ring (bicyclic) bond motifs is 2. The van der Waals surface area contributed by atoms with Gasteiger partial charge < -0.3 is 0 Å². The summed E-state index contributed by atoms with van der Waals surface area (Å²) in [6.45, 7) is 0. The molecule has 350 valence electrons. The number of benzene rings is 7. The zero-order chi connectivity index (χ0) is 49.3. The molecule has 10 aromatic rings. The van der Waals surface area contributed by atoms with Gasteiger partial charge in [-0.2, -0.15) is 52.7 Å². The Balaban J connectivity index is 1.28. The highest BCUT2D eigenvalue weighted by Gasteiger charge is 2.34. The highest BCUT2D eigenvalue weighted by Crippen LogP contribution is 2.40. The van der Waals surface area contributed by atoms with Crippen molar-refractivity contribution in [1.29, 1.82) is 0 Å². The van der Waals surface area contributed by atoms with E-state index < -0.39 is 47.0 Å². The van der Waals surface area contributed by atoms with Gasteiger partial charge in [-0.3, -0.25) is 9.13 Å². The van der Waals surface area contributed by atoms with Crippen LogP contribution in [-0.4, -0.2) is 34.1 Å². The van der Waals surface area contributed by atoms with Crippen LogP contribution in [0.4, 0.5) is 52.7 Å². The molecule has 0 N–H and O–H groups in total. The fourth-order valence-corrected chi connectivity index (χ4v) is 7.99. The maximum absolute atomic E-state index is 14.2. The van der Waals surface area contributed by atoms with E-state index in [-0.39, 0.29) is 68.3 Å². The number of aromatic nitrogens is 7. The number of nitrogens with zero attached hydrogens (tertiary/aromatic N) is 7. The Kier molecular flexibility index (Phi) is 10.8. The van der Waals surface area contributed by atoms with E-state index in [2.05, 4.69) is 15.0 Å². The molecule has 0 aliphatic carbocycles. The van der Waals surface area contributed by atoms with Crippen LogP contribution in [-0.2, 0) is 24.7 Å². The standard InChI is InChI=1S/C51H27F12N7/c52-48(53,54)33-19-15-28(16-20-33)43-66-44(29-17-21-34(22-18-29)49(55,56)57)68-45(67-43)32-25-37(69-41-13-3-1-11-39(41)64-46(69)30-7-5-9-35(23-30)50(58,59)60)27-38(26-32)70-42-14-4-2-12-40(42)65-47(70)31-8-6-10-36(24-31)51(61,62)63/h1-27H. The van der Waals surface area contributed by atoms with Gasteiger partial charge in [0.25, 0.3) is 0 Å². The zero-order valence-electron chi connectivity index (χ0n) is 35.3. The summed E-state index contributed by atoms with van der Waals surface area (Å²) in [5, 5.41) is 0. The summed E-state index contributed by atoms with van der Waals surface area (Å²) >= 11 is 0. The fraction of sp³-hybridized carbons (Fsp3) is 0.0784. The predicted molar refractivity (Wildman–Crippen MR) is 236 cm³/mol. The minimum absolute atomic E-state index is 0.0375. The second-order valence-corrected chi connectivity index (χ2v) is 15.9. The van der Waals surface area contributed by atoms with Crippen molar-refractivity contribution in [3.05, 3.63) is 186 Å². The number of alkyl halides is 12. The molecular formula is C51H27F12N7. The first-order chi connectivity index (χ1) is 33.2. The van der Waals surface area contributed by atoms with E-state index in [4.69, 9.17) is 9.97 Å². The summed E-state index contributed by atoms with van der Waals surface area (Å²) in [5.74, 6) is -0.504. The number of hydrogen-bond acceptors (Lipinski definition) is 5. The monoisotopic (exact) mass is 965 g/mol. The predicted octanol–water partition coefficient (Wildman–Crippen LogP) is 15.0. The molecule has 19 heteroatoms. The first-order valence-electron chi connectivity index (χ1n) is 20.8. The molecule has 0 unspecified atom stereocenters. The minimum Gasteiger partial charge on any atom is -0.292 e. The molecule has 0 radical (unpaired) electrons. The Morgan fingerprint density at radius 2 is 0.643 bits per heavy atom. The third-order valence-electron chi connectivity index (χ3n) is 11.3. The summed E-state index contributed by atoms with van der Waals surface area (Å²) in [7, 11) is 0. The van der Waals surface area contributed by atoms with Crippen LogP contribution < -0.4 is 0 Å². The maximum Gasteiger partial charge on any atom is 0.416 e. The van der Waals surface area contributed by atoms with Crippen LogP contribution >= 0.6 is 0 Å². The zero-order valence-corrected chi connectivity index (χ0v) is 35.3. The highest BCUT2D eigenvalue weighted by molar-refractivity contribution is 5.87. The average molecular weight is 966 g/mol. The molecular weight excluding hydrogens is 939 g/mol. The van der Waals surface area contributed by atoms with Crippen molar-refractivity contribution in [1.82, 2.24) is 34.1 Å². The van der Waals surface area contributed by atoms with Crippen molar-refractivity contribution in [2.45, 2.75) is 24.7 Å². The number of imidazole rings is 2. The number of halogens is 12. The summed E-state index contributed by atoms with van der Waals surface area (Å²) in [5.41, 5.74) is -1.68. The van der Waals surface area contributed by atoms with Gasteiger partial charge in [-0.05, 0) is 91.0 Å². The Bertz CT molecular complexity index is 3380. The van der Waals surface area contributed by atoms with E-state index in [1.54, 1.807) is 75.9 Å². The van der Waals surface area contributed by atoms with Gasteiger partial charge in [-0.25, -0.2) is 24.9 Å². The molecule has 0 aliphatic heterocycles. The molecule has 0 saturated heterocycles. The van der Waals surface area contributed by atoms with Crippen LogP contribution in [0.5, 0.6) is 0 Å². The van der Waals surface area contributed by atoms with Crippen LogP contribution in [0.2, 0.25) is 0 Å².